The number of hydrogen-bond donors (Lipinski definition) is 1. The smallest absolute Gasteiger partial charge is 0.146 e. The van der Waals surface area contributed by atoms with Gasteiger partial charge in [-0.05, 0) is 37.3 Å². The topological polar surface area (TPSA) is 12.0 Å². The lowest BCUT2D eigenvalue weighted by Gasteiger charge is -2.19. The van der Waals surface area contributed by atoms with Crippen LogP contribution in [0.1, 0.15) is 18.5 Å². The number of anilines is 1. The lowest BCUT2D eigenvalue weighted by Crippen LogP contribution is -2.10. The zero-order valence-corrected chi connectivity index (χ0v) is 13.5. The Morgan fingerprint density at radius 1 is 1.10 bits per heavy atom. The summed E-state index contributed by atoms with van der Waals surface area (Å²) in [5.74, 6) is -0.974. The third kappa shape index (κ3) is 3.25. The summed E-state index contributed by atoms with van der Waals surface area (Å²) in [6, 6.07) is 6.68. The van der Waals surface area contributed by atoms with Gasteiger partial charge in [-0.3, -0.25) is 0 Å². The van der Waals surface area contributed by atoms with Crippen LogP contribution in [0, 0.1) is 11.6 Å². The van der Waals surface area contributed by atoms with E-state index in [0.717, 1.165) is 4.47 Å². The normalized spacial score (nSPS) is 12.3. The molecule has 2 aromatic carbocycles. The zero-order valence-electron chi connectivity index (χ0n) is 10.4. The van der Waals surface area contributed by atoms with E-state index >= 15 is 0 Å². The van der Waals surface area contributed by atoms with Crippen LogP contribution in [0.25, 0.3) is 0 Å². The van der Waals surface area contributed by atoms with Gasteiger partial charge in [-0.25, -0.2) is 8.78 Å². The third-order valence-corrected chi connectivity index (χ3v) is 4.02. The molecule has 2 rings (SSSR count). The van der Waals surface area contributed by atoms with Gasteiger partial charge in [-0.1, -0.05) is 39.1 Å². The Labute approximate surface area is 134 Å². The van der Waals surface area contributed by atoms with Crippen LogP contribution in [0.15, 0.2) is 34.8 Å². The van der Waals surface area contributed by atoms with Crippen molar-refractivity contribution in [1.82, 2.24) is 0 Å². The molecular formula is C14H10BrCl2F2N. The molecule has 0 aliphatic carbocycles. The van der Waals surface area contributed by atoms with Gasteiger partial charge < -0.3 is 5.32 Å². The zero-order chi connectivity index (χ0) is 14.9. The Balaban J connectivity index is 2.35. The van der Waals surface area contributed by atoms with Gasteiger partial charge in [0, 0.05) is 15.1 Å². The van der Waals surface area contributed by atoms with E-state index in [9.17, 15) is 8.78 Å². The van der Waals surface area contributed by atoms with E-state index in [-0.39, 0.29) is 10.7 Å². The minimum atomic E-state index is -0.561. The summed E-state index contributed by atoms with van der Waals surface area (Å²) in [4.78, 5) is 0. The summed E-state index contributed by atoms with van der Waals surface area (Å²) in [5, 5.41) is 3.20. The Kier molecular flexibility index (Phi) is 4.89. The standard InChI is InChI=1S/C14H10BrCl2F2N/c1-7(13-9(16)3-5-11(19)14(13)17)20-12-6-8(15)2-4-10(12)18/h2-7,20H,1H3. The molecule has 0 saturated heterocycles. The predicted molar refractivity (Wildman–Crippen MR) is 82.6 cm³/mol. The Morgan fingerprint density at radius 2 is 1.75 bits per heavy atom. The maximum Gasteiger partial charge on any atom is 0.146 e. The summed E-state index contributed by atoms with van der Waals surface area (Å²) in [6.07, 6.45) is 0. The van der Waals surface area contributed by atoms with Gasteiger partial charge in [0.1, 0.15) is 11.6 Å². The molecule has 6 heteroatoms. The number of hydrogen-bond acceptors (Lipinski definition) is 1. The van der Waals surface area contributed by atoms with E-state index in [2.05, 4.69) is 21.2 Å². The number of benzene rings is 2. The second-order valence-corrected chi connectivity index (χ2v) is 5.95. The highest BCUT2D eigenvalue weighted by atomic mass is 79.9. The first-order chi connectivity index (χ1) is 9.40. The van der Waals surface area contributed by atoms with Crippen molar-refractivity contribution in [1.29, 1.82) is 0 Å². The minimum Gasteiger partial charge on any atom is -0.376 e. The molecule has 0 saturated carbocycles. The summed E-state index contributed by atoms with van der Waals surface area (Å²) in [5.41, 5.74) is 0.677. The van der Waals surface area contributed by atoms with Gasteiger partial charge in [0.05, 0.1) is 16.8 Å². The highest BCUT2D eigenvalue weighted by Gasteiger charge is 2.18. The van der Waals surface area contributed by atoms with Crippen LogP contribution in [0.4, 0.5) is 14.5 Å². The lowest BCUT2D eigenvalue weighted by molar-refractivity contribution is 0.621. The second-order valence-electron chi connectivity index (χ2n) is 4.25. The van der Waals surface area contributed by atoms with Crippen LogP contribution in [0.5, 0.6) is 0 Å². The summed E-state index contributed by atoms with van der Waals surface area (Å²) in [6.45, 7) is 1.73. The Morgan fingerprint density at radius 3 is 2.45 bits per heavy atom. The fraction of sp³-hybridized carbons (Fsp3) is 0.143. The van der Waals surface area contributed by atoms with Crippen molar-refractivity contribution in [3.63, 3.8) is 0 Å². The fourth-order valence-corrected chi connectivity index (χ4v) is 2.91. The number of rotatable bonds is 3. The molecule has 0 radical (unpaired) electrons. The van der Waals surface area contributed by atoms with E-state index in [1.165, 1.54) is 18.2 Å². The van der Waals surface area contributed by atoms with E-state index in [0.29, 0.717) is 10.6 Å². The van der Waals surface area contributed by atoms with Crippen LogP contribution >= 0.6 is 39.1 Å². The van der Waals surface area contributed by atoms with Gasteiger partial charge in [-0.15, -0.1) is 0 Å². The van der Waals surface area contributed by atoms with Gasteiger partial charge in [-0.2, -0.15) is 0 Å². The molecule has 0 aliphatic heterocycles. The Bertz CT molecular complexity index is 649. The van der Waals surface area contributed by atoms with Crippen molar-refractivity contribution in [2.45, 2.75) is 13.0 Å². The minimum absolute atomic E-state index is 0.0621. The molecule has 0 aliphatic rings. The van der Waals surface area contributed by atoms with Gasteiger partial charge in [0.15, 0.2) is 0 Å². The molecule has 1 atom stereocenters. The molecule has 1 N–H and O–H groups in total. The average Bonchev–Trinajstić information content (AvgIpc) is 2.39. The van der Waals surface area contributed by atoms with Gasteiger partial charge >= 0.3 is 0 Å². The predicted octanol–water partition coefficient (Wildman–Crippen LogP) is 6.21. The molecule has 20 heavy (non-hydrogen) atoms. The van der Waals surface area contributed by atoms with E-state index in [1.807, 2.05) is 0 Å². The fourth-order valence-electron chi connectivity index (χ4n) is 1.85. The van der Waals surface area contributed by atoms with Crippen LogP contribution in [-0.2, 0) is 0 Å². The first kappa shape index (κ1) is 15.5. The molecule has 1 nitrogen and oxygen atoms in total. The van der Waals surface area contributed by atoms with Crippen molar-refractivity contribution >= 4 is 44.8 Å². The summed E-state index contributed by atoms with van der Waals surface area (Å²) < 4.78 is 27.9. The summed E-state index contributed by atoms with van der Waals surface area (Å²) in [7, 11) is 0. The number of nitrogens with one attached hydrogen (secondary N) is 1. The van der Waals surface area contributed by atoms with E-state index < -0.39 is 17.7 Å². The SMILES string of the molecule is CC(Nc1cc(Br)ccc1F)c1c(Cl)ccc(F)c1Cl. The highest BCUT2D eigenvalue weighted by molar-refractivity contribution is 9.10. The third-order valence-electron chi connectivity index (χ3n) is 2.81. The average molecular weight is 381 g/mol. The van der Waals surface area contributed by atoms with Crippen molar-refractivity contribution in [3.8, 4) is 0 Å². The first-order valence-electron chi connectivity index (χ1n) is 5.75. The molecule has 0 aromatic heterocycles. The Hall–Kier alpha value is -0.840. The second kappa shape index (κ2) is 6.29. The molecule has 0 heterocycles. The molecule has 0 fully saturated rings. The van der Waals surface area contributed by atoms with E-state index in [1.54, 1.807) is 19.1 Å². The van der Waals surface area contributed by atoms with Crippen LogP contribution in [0.3, 0.4) is 0 Å². The van der Waals surface area contributed by atoms with Crippen molar-refractivity contribution in [2.75, 3.05) is 5.32 Å². The molecule has 106 valence electrons. The molecule has 0 bridgehead atoms. The monoisotopic (exact) mass is 379 g/mol. The molecule has 0 amide bonds. The van der Waals surface area contributed by atoms with E-state index in [4.69, 9.17) is 23.2 Å². The van der Waals surface area contributed by atoms with Gasteiger partial charge in [0.2, 0.25) is 0 Å². The summed E-state index contributed by atoms with van der Waals surface area (Å²) >= 11 is 15.2. The van der Waals surface area contributed by atoms with Gasteiger partial charge in [0.25, 0.3) is 0 Å². The van der Waals surface area contributed by atoms with Crippen LogP contribution < -0.4 is 5.32 Å². The molecule has 1 unspecified atom stereocenters. The maximum atomic E-state index is 13.7. The van der Waals surface area contributed by atoms with Crippen LogP contribution in [-0.4, -0.2) is 0 Å². The quantitative estimate of drug-likeness (QED) is 0.624. The largest absolute Gasteiger partial charge is 0.376 e. The first-order valence-corrected chi connectivity index (χ1v) is 7.30. The van der Waals surface area contributed by atoms with Crippen molar-refractivity contribution in [3.05, 3.63) is 62.0 Å². The van der Waals surface area contributed by atoms with Crippen molar-refractivity contribution in [2.24, 2.45) is 0 Å². The number of halogens is 5. The van der Waals surface area contributed by atoms with Crippen molar-refractivity contribution < 1.29 is 8.78 Å². The van der Waals surface area contributed by atoms with Crippen LogP contribution in [0.2, 0.25) is 10.0 Å². The molecule has 0 spiro atoms. The highest BCUT2D eigenvalue weighted by Crippen LogP contribution is 2.34. The lowest BCUT2D eigenvalue weighted by atomic mass is 10.1. The maximum absolute atomic E-state index is 13.7. The molecule has 2 aromatic rings. The molecular weight excluding hydrogens is 371 g/mol.